The van der Waals surface area contributed by atoms with Crippen molar-refractivity contribution >= 4 is 5.69 Å². The van der Waals surface area contributed by atoms with Gasteiger partial charge < -0.3 is 9.84 Å². The molecule has 0 aliphatic rings. The van der Waals surface area contributed by atoms with Crippen LogP contribution in [0.3, 0.4) is 0 Å². The zero-order valence-corrected chi connectivity index (χ0v) is 14.4. The van der Waals surface area contributed by atoms with E-state index in [0.717, 1.165) is 5.56 Å². The molecule has 0 atom stereocenters. The van der Waals surface area contributed by atoms with Gasteiger partial charge in [-0.05, 0) is 6.07 Å². The largest absolute Gasteiger partial charge is 0.437 e. The van der Waals surface area contributed by atoms with Gasteiger partial charge in [-0.1, -0.05) is 11.8 Å². The number of hydrogen-bond acceptors (Lipinski definition) is 7. The van der Waals surface area contributed by atoms with E-state index >= 15 is 0 Å². The Morgan fingerprint density at radius 2 is 2.11 bits per heavy atom. The molecule has 0 saturated heterocycles. The van der Waals surface area contributed by atoms with Gasteiger partial charge in [0.05, 0.1) is 41.9 Å². The molecule has 0 saturated carbocycles. The number of non-ortho nitro benzene ring substituents is 1. The number of nitro benzene ring substituents is 1. The molecule has 136 valence electrons. The molecular formula is C18H15N5O4. The third-order valence-corrected chi connectivity index (χ3v) is 3.42. The highest BCUT2D eigenvalue weighted by Crippen LogP contribution is 2.26. The SMILES string of the molecule is Cn1cc(-c2cnc(Oc3cc(C#CCCO)cc([N+](=O)[O-])c3)cn2)cn1. The predicted octanol–water partition coefficient (Wildman–Crippen LogP) is 2.31. The Hall–Kier alpha value is -3.77. The number of benzene rings is 1. The summed E-state index contributed by atoms with van der Waals surface area (Å²) >= 11 is 0. The second-order valence-electron chi connectivity index (χ2n) is 5.49. The molecule has 1 N–H and O–H groups in total. The van der Waals surface area contributed by atoms with Crippen LogP contribution in [0.5, 0.6) is 11.6 Å². The van der Waals surface area contributed by atoms with E-state index < -0.39 is 4.92 Å². The highest BCUT2D eigenvalue weighted by atomic mass is 16.6. The summed E-state index contributed by atoms with van der Waals surface area (Å²) in [4.78, 5) is 19.0. The normalized spacial score (nSPS) is 10.1. The van der Waals surface area contributed by atoms with E-state index in [2.05, 4.69) is 26.9 Å². The second kappa shape index (κ2) is 8.07. The zero-order chi connectivity index (χ0) is 19.2. The Bertz CT molecular complexity index is 1020. The van der Waals surface area contributed by atoms with E-state index in [4.69, 9.17) is 9.84 Å². The van der Waals surface area contributed by atoms with Crippen LogP contribution in [-0.2, 0) is 7.05 Å². The molecule has 0 amide bonds. The lowest BCUT2D eigenvalue weighted by molar-refractivity contribution is -0.384. The quantitative estimate of drug-likeness (QED) is 0.419. The van der Waals surface area contributed by atoms with Crippen molar-refractivity contribution in [3.63, 3.8) is 0 Å². The molecule has 3 aromatic rings. The van der Waals surface area contributed by atoms with Crippen LogP contribution in [-0.4, -0.2) is 36.4 Å². The minimum atomic E-state index is -0.527. The number of rotatable bonds is 5. The predicted molar refractivity (Wildman–Crippen MR) is 96.0 cm³/mol. The summed E-state index contributed by atoms with van der Waals surface area (Å²) < 4.78 is 7.25. The van der Waals surface area contributed by atoms with Gasteiger partial charge in [0, 0.05) is 36.9 Å². The van der Waals surface area contributed by atoms with Gasteiger partial charge in [-0.25, -0.2) is 9.97 Å². The number of aliphatic hydroxyl groups excluding tert-OH is 1. The smallest absolute Gasteiger partial charge is 0.274 e. The van der Waals surface area contributed by atoms with Crippen molar-refractivity contribution in [2.45, 2.75) is 6.42 Å². The number of aliphatic hydroxyl groups is 1. The number of aromatic nitrogens is 4. The van der Waals surface area contributed by atoms with Crippen LogP contribution in [0.15, 0.2) is 43.0 Å². The molecule has 2 heterocycles. The standard InChI is InChI=1S/C18H15N5O4/c1-22-12-14(9-21-22)17-10-20-18(11-19-17)27-16-7-13(4-2-3-5-24)6-15(8-16)23(25)26/h6-12,24H,3,5H2,1H3. The van der Waals surface area contributed by atoms with Crippen LogP contribution >= 0.6 is 0 Å². The van der Waals surface area contributed by atoms with Gasteiger partial charge in [0.2, 0.25) is 5.88 Å². The molecule has 1 aromatic carbocycles. The molecule has 0 unspecified atom stereocenters. The Morgan fingerprint density at radius 1 is 1.26 bits per heavy atom. The molecule has 2 aromatic heterocycles. The molecule has 0 radical (unpaired) electrons. The summed E-state index contributed by atoms with van der Waals surface area (Å²) in [5, 5.41) is 24.0. The molecule has 0 aliphatic carbocycles. The van der Waals surface area contributed by atoms with E-state index in [1.165, 1.54) is 24.5 Å². The van der Waals surface area contributed by atoms with Crippen molar-refractivity contribution in [2.24, 2.45) is 7.05 Å². The van der Waals surface area contributed by atoms with Gasteiger partial charge in [0.15, 0.2) is 0 Å². The van der Waals surface area contributed by atoms with E-state index in [1.54, 1.807) is 24.0 Å². The van der Waals surface area contributed by atoms with E-state index in [9.17, 15) is 10.1 Å². The van der Waals surface area contributed by atoms with Gasteiger partial charge >= 0.3 is 0 Å². The van der Waals surface area contributed by atoms with Gasteiger partial charge in [-0.2, -0.15) is 5.10 Å². The van der Waals surface area contributed by atoms with Gasteiger partial charge in [-0.15, -0.1) is 0 Å². The topological polar surface area (TPSA) is 116 Å². The fourth-order valence-electron chi connectivity index (χ4n) is 2.23. The molecule has 0 spiro atoms. The fourth-order valence-corrected chi connectivity index (χ4v) is 2.23. The summed E-state index contributed by atoms with van der Waals surface area (Å²) in [7, 11) is 1.80. The minimum absolute atomic E-state index is 0.0792. The molecule has 0 fully saturated rings. The van der Waals surface area contributed by atoms with Crippen LogP contribution in [0.25, 0.3) is 11.3 Å². The third-order valence-electron chi connectivity index (χ3n) is 3.42. The third kappa shape index (κ3) is 4.65. The molecule has 3 rings (SSSR count). The van der Waals surface area contributed by atoms with Gasteiger partial charge in [-0.3, -0.25) is 14.8 Å². The summed E-state index contributed by atoms with van der Waals surface area (Å²) in [6.07, 6.45) is 6.72. The highest BCUT2D eigenvalue weighted by Gasteiger charge is 2.11. The van der Waals surface area contributed by atoms with E-state index in [0.29, 0.717) is 11.3 Å². The maximum atomic E-state index is 11.1. The Kier molecular flexibility index (Phi) is 5.39. The Labute approximate surface area is 154 Å². The van der Waals surface area contributed by atoms with Crippen LogP contribution in [0.4, 0.5) is 5.69 Å². The first-order chi connectivity index (χ1) is 13.0. The molecule has 0 bridgehead atoms. The number of hydrogen-bond donors (Lipinski definition) is 1. The van der Waals surface area contributed by atoms with Crippen molar-refractivity contribution in [2.75, 3.05) is 6.61 Å². The van der Waals surface area contributed by atoms with Crippen molar-refractivity contribution in [1.82, 2.24) is 19.7 Å². The lowest BCUT2D eigenvalue weighted by Gasteiger charge is -2.05. The first-order valence-corrected chi connectivity index (χ1v) is 7.93. The summed E-state index contributed by atoms with van der Waals surface area (Å²) in [6, 6.07) is 4.19. The number of nitro groups is 1. The molecule has 9 heteroatoms. The first kappa shape index (κ1) is 18.0. The van der Waals surface area contributed by atoms with Crippen LogP contribution in [0, 0.1) is 22.0 Å². The monoisotopic (exact) mass is 365 g/mol. The Balaban J connectivity index is 1.83. The van der Waals surface area contributed by atoms with Crippen LogP contribution in [0.2, 0.25) is 0 Å². The maximum absolute atomic E-state index is 11.1. The van der Waals surface area contributed by atoms with Crippen molar-refractivity contribution in [1.29, 1.82) is 0 Å². The maximum Gasteiger partial charge on any atom is 0.274 e. The summed E-state index contributed by atoms with van der Waals surface area (Å²) in [6.45, 7) is -0.0792. The summed E-state index contributed by atoms with van der Waals surface area (Å²) in [5.41, 5.74) is 1.70. The number of ether oxygens (including phenoxy) is 1. The minimum Gasteiger partial charge on any atom is -0.437 e. The second-order valence-corrected chi connectivity index (χ2v) is 5.49. The van der Waals surface area contributed by atoms with E-state index in [-0.39, 0.29) is 30.3 Å². The average Bonchev–Trinajstić information content (AvgIpc) is 3.09. The molecule has 9 nitrogen and oxygen atoms in total. The molecular weight excluding hydrogens is 350 g/mol. The van der Waals surface area contributed by atoms with Crippen molar-refractivity contribution in [3.05, 3.63) is 58.7 Å². The lowest BCUT2D eigenvalue weighted by atomic mass is 10.2. The van der Waals surface area contributed by atoms with E-state index in [1.807, 2.05) is 6.20 Å². The average molecular weight is 365 g/mol. The van der Waals surface area contributed by atoms with Crippen molar-refractivity contribution in [3.8, 4) is 34.7 Å². The van der Waals surface area contributed by atoms with Gasteiger partial charge in [0.25, 0.3) is 5.69 Å². The summed E-state index contributed by atoms with van der Waals surface area (Å²) in [5.74, 6) is 5.90. The first-order valence-electron chi connectivity index (χ1n) is 7.93. The zero-order valence-electron chi connectivity index (χ0n) is 14.4. The Morgan fingerprint density at radius 3 is 2.74 bits per heavy atom. The van der Waals surface area contributed by atoms with Gasteiger partial charge in [0.1, 0.15) is 5.75 Å². The fraction of sp³-hybridized carbons (Fsp3) is 0.167. The molecule has 27 heavy (non-hydrogen) atoms. The highest BCUT2D eigenvalue weighted by molar-refractivity contribution is 5.55. The van der Waals surface area contributed by atoms with Crippen LogP contribution < -0.4 is 4.74 Å². The number of nitrogens with zero attached hydrogens (tertiary/aromatic N) is 5. The van der Waals surface area contributed by atoms with Crippen LogP contribution in [0.1, 0.15) is 12.0 Å². The van der Waals surface area contributed by atoms with Crippen molar-refractivity contribution < 1.29 is 14.8 Å². The number of aryl methyl sites for hydroxylation is 1. The molecule has 0 aliphatic heterocycles. The lowest BCUT2D eigenvalue weighted by Crippen LogP contribution is -1.94.